The molecule has 0 saturated carbocycles. The zero-order chi connectivity index (χ0) is 24.5. The van der Waals surface area contributed by atoms with Crippen LogP contribution in [0.5, 0.6) is 11.5 Å². The fourth-order valence-electron chi connectivity index (χ4n) is 3.19. The Morgan fingerprint density at radius 3 is 2.68 bits per heavy atom. The van der Waals surface area contributed by atoms with Gasteiger partial charge in [-0.15, -0.1) is 0 Å². The number of ether oxygens (including phenoxy) is 1. The number of rotatable bonds is 6. The van der Waals surface area contributed by atoms with E-state index in [4.69, 9.17) is 32.4 Å². The summed E-state index contributed by atoms with van der Waals surface area (Å²) in [7, 11) is 0. The molecule has 34 heavy (non-hydrogen) atoms. The van der Waals surface area contributed by atoms with Gasteiger partial charge in [0.05, 0.1) is 24.6 Å². The van der Waals surface area contributed by atoms with Gasteiger partial charge in [0.15, 0.2) is 11.3 Å². The predicted octanol–water partition coefficient (Wildman–Crippen LogP) is 7.39. The van der Waals surface area contributed by atoms with E-state index in [1.165, 1.54) is 48.9 Å². The van der Waals surface area contributed by atoms with Gasteiger partial charge < -0.3 is 14.5 Å². The van der Waals surface area contributed by atoms with E-state index in [2.05, 4.69) is 10.3 Å². The smallest absolute Gasteiger partial charge is 0.416 e. The van der Waals surface area contributed by atoms with Gasteiger partial charge in [-0.2, -0.15) is 13.2 Å². The van der Waals surface area contributed by atoms with Crippen LogP contribution < -0.4 is 10.1 Å². The van der Waals surface area contributed by atoms with Crippen molar-refractivity contribution in [1.82, 2.24) is 10.3 Å². The van der Waals surface area contributed by atoms with Crippen molar-refractivity contribution in [1.29, 1.82) is 0 Å². The summed E-state index contributed by atoms with van der Waals surface area (Å²) < 4.78 is 64.8. The van der Waals surface area contributed by atoms with Crippen molar-refractivity contribution < 1.29 is 31.5 Å². The number of nitrogens with one attached hydrogen (secondary N) is 1. The van der Waals surface area contributed by atoms with Gasteiger partial charge in [0.25, 0.3) is 5.91 Å². The average molecular weight is 513 g/mol. The summed E-state index contributed by atoms with van der Waals surface area (Å²) in [6.45, 7) is -0.451. The van der Waals surface area contributed by atoms with Crippen LogP contribution in [-0.2, 0) is 6.18 Å². The molecular formula is C23H14Cl2F4N2O3. The number of aromatic nitrogens is 1. The number of hydrogen-bond acceptors (Lipinski definition) is 4. The van der Waals surface area contributed by atoms with Gasteiger partial charge in [-0.1, -0.05) is 35.3 Å². The Hall–Kier alpha value is -3.30. The minimum absolute atomic E-state index is 0.0295. The van der Waals surface area contributed by atoms with Crippen LogP contribution in [0.15, 0.2) is 65.4 Å². The molecule has 0 spiro atoms. The summed E-state index contributed by atoms with van der Waals surface area (Å²) in [5, 5.41) is 2.86. The van der Waals surface area contributed by atoms with Crippen LogP contribution in [0.3, 0.4) is 0 Å². The third-order valence-corrected chi connectivity index (χ3v) is 5.36. The van der Waals surface area contributed by atoms with E-state index in [1.54, 1.807) is 0 Å². The number of fused-ring (bicyclic) bond motifs is 1. The molecule has 0 aliphatic rings. The molecule has 1 amide bonds. The highest BCUT2D eigenvalue weighted by atomic mass is 35.5. The number of furan rings is 1. The lowest BCUT2D eigenvalue weighted by molar-refractivity contribution is -0.137. The molecule has 0 radical (unpaired) electrons. The molecule has 2 heterocycles. The van der Waals surface area contributed by atoms with Crippen LogP contribution in [0.1, 0.15) is 27.7 Å². The zero-order valence-corrected chi connectivity index (χ0v) is 18.5. The van der Waals surface area contributed by atoms with Gasteiger partial charge in [-0.05, 0) is 30.3 Å². The summed E-state index contributed by atoms with van der Waals surface area (Å²) in [5.74, 6) is -1.12. The number of pyridine rings is 1. The Kier molecular flexibility index (Phi) is 6.67. The Morgan fingerprint density at radius 2 is 1.94 bits per heavy atom. The van der Waals surface area contributed by atoms with Gasteiger partial charge >= 0.3 is 6.18 Å². The summed E-state index contributed by atoms with van der Waals surface area (Å²) in [6.07, 6.45) is -3.78. The molecule has 1 atom stereocenters. The Morgan fingerprint density at radius 1 is 1.15 bits per heavy atom. The van der Waals surface area contributed by atoms with E-state index in [-0.39, 0.29) is 33.2 Å². The minimum atomic E-state index is -4.58. The summed E-state index contributed by atoms with van der Waals surface area (Å²) in [6, 6.07) is 9.87. The lowest BCUT2D eigenvalue weighted by atomic mass is 10.1. The number of halogens is 6. The highest BCUT2D eigenvalue weighted by Gasteiger charge is 2.31. The molecule has 176 valence electrons. The molecule has 0 fully saturated rings. The first kappa shape index (κ1) is 23.8. The fraction of sp³-hybridized carbons (Fsp3) is 0.130. The second-order valence-corrected chi connectivity index (χ2v) is 7.95. The zero-order valence-electron chi connectivity index (χ0n) is 17.0. The molecule has 0 unspecified atom stereocenters. The number of amides is 1. The Bertz CT molecular complexity index is 1360. The Labute approximate surface area is 200 Å². The number of hydrogen-bond donors (Lipinski definition) is 1. The van der Waals surface area contributed by atoms with Crippen molar-refractivity contribution in [3.05, 3.63) is 87.7 Å². The molecule has 0 aliphatic carbocycles. The molecule has 5 nitrogen and oxygen atoms in total. The quantitative estimate of drug-likeness (QED) is 0.273. The van der Waals surface area contributed by atoms with E-state index in [1.807, 2.05) is 0 Å². The van der Waals surface area contributed by atoms with Gasteiger partial charge in [-0.25, -0.2) is 9.37 Å². The molecule has 2 aromatic heterocycles. The SMILES string of the molecule is O=C(NC[C@H](F)c1ccc(Cl)cc1Cl)c1c(Oc2cccc(C(F)(F)F)c2)cnc2ccoc12. The first-order valence-electron chi connectivity index (χ1n) is 9.72. The van der Waals surface area contributed by atoms with E-state index >= 15 is 0 Å². The summed E-state index contributed by atoms with van der Waals surface area (Å²) >= 11 is 11.8. The highest BCUT2D eigenvalue weighted by molar-refractivity contribution is 6.35. The molecule has 2 aromatic carbocycles. The highest BCUT2D eigenvalue weighted by Crippen LogP contribution is 2.35. The lowest BCUT2D eigenvalue weighted by Gasteiger charge is -2.15. The summed E-state index contributed by atoms with van der Waals surface area (Å²) in [5.41, 5.74) is -0.615. The first-order valence-corrected chi connectivity index (χ1v) is 10.5. The third-order valence-electron chi connectivity index (χ3n) is 4.80. The van der Waals surface area contributed by atoms with E-state index in [0.717, 1.165) is 12.1 Å². The minimum Gasteiger partial charge on any atom is -0.462 e. The topological polar surface area (TPSA) is 64.4 Å². The summed E-state index contributed by atoms with van der Waals surface area (Å²) in [4.78, 5) is 17.1. The molecule has 0 saturated heterocycles. The number of carbonyl (C=O) groups is 1. The second-order valence-electron chi connectivity index (χ2n) is 7.10. The van der Waals surface area contributed by atoms with Crippen molar-refractivity contribution in [2.45, 2.75) is 12.3 Å². The third kappa shape index (κ3) is 5.10. The maximum absolute atomic E-state index is 14.7. The molecular weight excluding hydrogens is 499 g/mol. The maximum Gasteiger partial charge on any atom is 0.416 e. The van der Waals surface area contributed by atoms with Crippen LogP contribution in [0.25, 0.3) is 11.1 Å². The van der Waals surface area contributed by atoms with E-state index < -0.39 is 30.4 Å². The monoisotopic (exact) mass is 512 g/mol. The Balaban J connectivity index is 1.61. The van der Waals surface area contributed by atoms with Crippen molar-refractivity contribution >= 4 is 40.2 Å². The van der Waals surface area contributed by atoms with Crippen LogP contribution in [0.2, 0.25) is 10.0 Å². The number of nitrogens with zero attached hydrogens (tertiary/aromatic N) is 1. The normalized spacial score (nSPS) is 12.5. The number of carbonyl (C=O) groups excluding carboxylic acids is 1. The van der Waals surface area contributed by atoms with Gasteiger partial charge in [-0.3, -0.25) is 4.79 Å². The van der Waals surface area contributed by atoms with Crippen LogP contribution in [0, 0.1) is 0 Å². The maximum atomic E-state index is 14.7. The van der Waals surface area contributed by atoms with E-state index in [9.17, 15) is 22.4 Å². The van der Waals surface area contributed by atoms with Gasteiger partial charge in [0.2, 0.25) is 0 Å². The average Bonchev–Trinajstić information content (AvgIpc) is 3.25. The predicted molar refractivity (Wildman–Crippen MR) is 118 cm³/mol. The van der Waals surface area contributed by atoms with Crippen LogP contribution in [-0.4, -0.2) is 17.4 Å². The number of benzene rings is 2. The largest absolute Gasteiger partial charge is 0.462 e. The van der Waals surface area contributed by atoms with E-state index in [0.29, 0.717) is 10.5 Å². The van der Waals surface area contributed by atoms with Gasteiger partial charge in [0.1, 0.15) is 23.0 Å². The van der Waals surface area contributed by atoms with Crippen molar-refractivity contribution in [2.24, 2.45) is 0 Å². The van der Waals surface area contributed by atoms with Crippen LogP contribution in [0.4, 0.5) is 17.6 Å². The number of alkyl halides is 4. The first-order chi connectivity index (χ1) is 16.1. The molecule has 0 bridgehead atoms. The molecule has 4 rings (SSSR count). The fourth-order valence-corrected chi connectivity index (χ4v) is 3.71. The van der Waals surface area contributed by atoms with Crippen molar-refractivity contribution in [2.75, 3.05) is 6.54 Å². The van der Waals surface area contributed by atoms with Crippen molar-refractivity contribution in [3.63, 3.8) is 0 Å². The van der Waals surface area contributed by atoms with Gasteiger partial charge in [0, 0.05) is 21.7 Å². The second kappa shape index (κ2) is 9.52. The molecule has 1 N–H and O–H groups in total. The molecule has 11 heteroatoms. The lowest BCUT2D eigenvalue weighted by Crippen LogP contribution is -2.27. The standard InChI is InChI=1S/C23H14Cl2F4N2O3/c24-13-4-5-15(16(25)9-13)17(26)10-31-22(32)20-19(11-30-18-6-7-33-21(18)20)34-14-3-1-2-12(8-14)23(27,28)29/h1-9,11,17H,10H2,(H,31,32)/t17-/m0/s1. The van der Waals surface area contributed by atoms with Crippen LogP contribution >= 0.6 is 23.2 Å². The van der Waals surface area contributed by atoms with Crippen molar-refractivity contribution in [3.8, 4) is 11.5 Å². The molecule has 0 aliphatic heterocycles. The molecule has 4 aromatic rings.